The van der Waals surface area contributed by atoms with Crippen molar-refractivity contribution in [1.29, 1.82) is 0 Å². The minimum absolute atomic E-state index is 0.155. The highest BCUT2D eigenvalue weighted by molar-refractivity contribution is 5.91. The molecule has 7 atom stereocenters. The van der Waals surface area contributed by atoms with Crippen molar-refractivity contribution >= 4 is 5.78 Å². The van der Waals surface area contributed by atoms with E-state index in [1.807, 2.05) is 13.0 Å². The molecule has 3 fully saturated rings. The van der Waals surface area contributed by atoms with Gasteiger partial charge in [-0.05, 0) is 93.0 Å². The van der Waals surface area contributed by atoms with Gasteiger partial charge in [0.05, 0.1) is 6.10 Å². The third kappa shape index (κ3) is 2.06. The van der Waals surface area contributed by atoms with Crippen LogP contribution in [0.15, 0.2) is 11.6 Å². The number of rotatable bonds is 1. The highest BCUT2D eigenvalue weighted by atomic mass is 16.3. The lowest BCUT2D eigenvalue weighted by Crippen LogP contribution is -2.47. The van der Waals surface area contributed by atoms with E-state index < -0.39 is 0 Å². The Morgan fingerprint density at radius 1 is 1.14 bits per heavy atom. The molecule has 4 aliphatic carbocycles. The smallest absolute Gasteiger partial charge is 0.155 e. The highest BCUT2D eigenvalue weighted by Crippen LogP contribution is 2.64. The molecule has 1 N–H and O–H groups in total. The van der Waals surface area contributed by atoms with E-state index in [9.17, 15) is 9.90 Å². The van der Waals surface area contributed by atoms with E-state index in [1.165, 1.54) is 37.7 Å². The van der Waals surface area contributed by atoms with E-state index in [1.54, 1.807) is 0 Å². The summed E-state index contributed by atoms with van der Waals surface area (Å²) in [4.78, 5) is 11.7. The van der Waals surface area contributed by atoms with Crippen molar-refractivity contribution < 1.29 is 9.90 Å². The van der Waals surface area contributed by atoms with E-state index in [-0.39, 0.29) is 6.10 Å². The van der Waals surface area contributed by atoms with Crippen LogP contribution < -0.4 is 0 Å². The van der Waals surface area contributed by atoms with Crippen LogP contribution in [0.4, 0.5) is 0 Å². The largest absolute Gasteiger partial charge is 0.393 e. The molecular weight excluding hydrogens is 272 g/mol. The molecule has 2 heteroatoms. The van der Waals surface area contributed by atoms with Gasteiger partial charge in [-0.15, -0.1) is 0 Å². The van der Waals surface area contributed by atoms with E-state index in [0.29, 0.717) is 23.0 Å². The molecule has 2 nitrogen and oxygen atoms in total. The Hall–Kier alpha value is -0.630. The minimum Gasteiger partial charge on any atom is -0.393 e. The van der Waals surface area contributed by atoms with E-state index >= 15 is 0 Å². The van der Waals surface area contributed by atoms with Crippen LogP contribution in [0.2, 0.25) is 0 Å². The number of carbonyl (C=O) groups is 1. The number of ketones is 1. The van der Waals surface area contributed by atoms with Gasteiger partial charge in [-0.25, -0.2) is 0 Å². The Morgan fingerprint density at radius 2 is 1.95 bits per heavy atom. The van der Waals surface area contributed by atoms with Gasteiger partial charge in [0, 0.05) is 6.42 Å². The average molecular weight is 302 g/mol. The topological polar surface area (TPSA) is 37.3 Å². The van der Waals surface area contributed by atoms with Crippen molar-refractivity contribution in [2.45, 2.75) is 71.3 Å². The Labute approximate surface area is 134 Å². The van der Waals surface area contributed by atoms with Gasteiger partial charge in [-0.3, -0.25) is 4.79 Å². The first-order chi connectivity index (χ1) is 10.5. The van der Waals surface area contributed by atoms with Crippen LogP contribution in [0.25, 0.3) is 0 Å². The van der Waals surface area contributed by atoms with Gasteiger partial charge in [-0.2, -0.15) is 0 Å². The second-order valence-electron chi connectivity index (χ2n) is 8.77. The SMILES string of the molecule is CC(O)[C@@H]1CCC2C3CCC4=CC(=O)CCC4C3CC[C@]21C. The molecule has 0 radical (unpaired) electrons. The first-order valence-corrected chi connectivity index (χ1v) is 9.42. The van der Waals surface area contributed by atoms with Crippen LogP contribution in [-0.2, 0) is 4.79 Å². The molecule has 0 aliphatic heterocycles. The number of hydrogen-bond acceptors (Lipinski definition) is 2. The molecule has 122 valence electrons. The molecule has 4 rings (SSSR count). The number of allylic oxidation sites excluding steroid dienone is 1. The monoisotopic (exact) mass is 302 g/mol. The fourth-order valence-corrected chi connectivity index (χ4v) is 7.01. The number of aliphatic hydroxyl groups excluding tert-OH is 1. The van der Waals surface area contributed by atoms with Crippen molar-refractivity contribution in [3.05, 3.63) is 11.6 Å². The van der Waals surface area contributed by atoms with Gasteiger partial charge in [0.15, 0.2) is 5.78 Å². The van der Waals surface area contributed by atoms with Gasteiger partial charge in [-0.1, -0.05) is 12.5 Å². The summed E-state index contributed by atoms with van der Waals surface area (Å²) >= 11 is 0. The lowest BCUT2D eigenvalue weighted by molar-refractivity contribution is -0.116. The Morgan fingerprint density at radius 3 is 2.73 bits per heavy atom. The lowest BCUT2D eigenvalue weighted by atomic mass is 9.51. The molecule has 4 aliphatic rings. The molecule has 0 bridgehead atoms. The van der Waals surface area contributed by atoms with Gasteiger partial charge < -0.3 is 5.11 Å². The fraction of sp³-hybridized carbons (Fsp3) is 0.850. The molecule has 0 aromatic heterocycles. The maximum absolute atomic E-state index is 11.7. The summed E-state index contributed by atoms with van der Waals surface area (Å²) in [5.74, 6) is 4.04. The van der Waals surface area contributed by atoms with Crippen LogP contribution in [0.3, 0.4) is 0 Å². The summed E-state index contributed by atoms with van der Waals surface area (Å²) in [5, 5.41) is 10.2. The van der Waals surface area contributed by atoms with Gasteiger partial charge in [0.25, 0.3) is 0 Å². The lowest BCUT2D eigenvalue weighted by Gasteiger charge is -2.54. The second-order valence-corrected chi connectivity index (χ2v) is 8.77. The second kappa shape index (κ2) is 5.19. The number of aliphatic hydroxyl groups is 1. The predicted molar refractivity (Wildman–Crippen MR) is 87.3 cm³/mol. The standard InChI is InChI=1S/C20H30O2/c1-12(21)18-7-8-19-17-5-3-13-11-14(22)4-6-15(13)16(17)9-10-20(18,19)2/h11-12,15-19,21H,3-10H2,1-2H3/t12?,15?,16?,17?,18-,19?,20-/m0/s1. The molecule has 0 heterocycles. The zero-order valence-corrected chi connectivity index (χ0v) is 14.1. The quantitative estimate of drug-likeness (QED) is 0.791. The first kappa shape index (κ1) is 14.9. The summed E-state index contributed by atoms with van der Waals surface area (Å²) in [6.07, 6.45) is 11.3. The van der Waals surface area contributed by atoms with Crippen LogP contribution in [0.5, 0.6) is 0 Å². The van der Waals surface area contributed by atoms with E-state index in [4.69, 9.17) is 0 Å². The maximum Gasteiger partial charge on any atom is 0.155 e. The summed E-state index contributed by atoms with van der Waals surface area (Å²) in [5.41, 5.74) is 1.84. The average Bonchev–Trinajstić information content (AvgIpc) is 2.84. The number of carbonyl (C=O) groups excluding carboxylic acids is 1. The van der Waals surface area contributed by atoms with Crippen LogP contribution >= 0.6 is 0 Å². The van der Waals surface area contributed by atoms with Crippen LogP contribution in [-0.4, -0.2) is 17.0 Å². The normalized spacial score (nSPS) is 49.0. The zero-order chi connectivity index (χ0) is 15.5. The Balaban J connectivity index is 1.61. The fourth-order valence-electron chi connectivity index (χ4n) is 7.01. The van der Waals surface area contributed by atoms with Crippen molar-refractivity contribution in [3.8, 4) is 0 Å². The van der Waals surface area contributed by atoms with Crippen molar-refractivity contribution in [1.82, 2.24) is 0 Å². The summed E-state index contributed by atoms with van der Waals surface area (Å²) in [6, 6.07) is 0. The molecule has 0 aromatic carbocycles. The molecule has 0 aromatic rings. The Bertz CT molecular complexity index is 506. The first-order valence-electron chi connectivity index (χ1n) is 9.42. The van der Waals surface area contributed by atoms with Crippen molar-refractivity contribution in [2.24, 2.45) is 35.0 Å². The van der Waals surface area contributed by atoms with E-state index in [0.717, 1.165) is 37.0 Å². The molecule has 3 saturated carbocycles. The maximum atomic E-state index is 11.7. The summed E-state index contributed by atoms with van der Waals surface area (Å²) in [7, 11) is 0. The predicted octanol–water partition coefficient (Wildman–Crippen LogP) is 4.13. The van der Waals surface area contributed by atoms with Gasteiger partial charge in [0.1, 0.15) is 0 Å². The number of fused-ring (bicyclic) bond motifs is 5. The Kier molecular flexibility index (Phi) is 3.52. The minimum atomic E-state index is -0.155. The third-order valence-electron chi connectivity index (χ3n) is 7.96. The van der Waals surface area contributed by atoms with Crippen LogP contribution in [0.1, 0.15) is 65.2 Å². The van der Waals surface area contributed by atoms with Crippen LogP contribution in [0, 0.1) is 35.0 Å². The number of hydrogen-bond donors (Lipinski definition) is 1. The molecular formula is C20H30O2. The van der Waals surface area contributed by atoms with Gasteiger partial charge >= 0.3 is 0 Å². The highest BCUT2D eigenvalue weighted by Gasteiger charge is 2.56. The van der Waals surface area contributed by atoms with Gasteiger partial charge in [0.2, 0.25) is 0 Å². The molecule has 0 saturated heterocycles. The molecule has 0 spiro atoms. The van der Waals surface area contributed by atoms with Crippen molar-refractivity contribution in [2.75, 3.05) is 0 Å². The third-order valence-corrected chi connectivity index (χ3v) is 7.96. The molecule has 22 heavy (non-hydrogen) atoms. The molecule has 5 unspecified atom stereocenters. The van der Waals surface area contributed by atoms with Crippen molar-refractivity contribution in [3.63, 3.8) is 0 Å². The zero-order valence-electron chi connectivity index (χ0n) is 14.1. The summed E-state index contributed by atoms with van der Waals surface area (Å²) in [6.45, 7) is 4.47. The molecule has 0 amide bonds. The summed E-state index contributed by atoms with van der Waals surface area (Å²) < 4.78 is 0. The van der Waals surface area contributed by atoms with E-state index in [2.05, 4.69) is 6.92 Å².